The number of hydrogen-bond donors (Lipinski definition) is 1. The molecule has 26 heavy (non-hydrogen) atoms. The molecule has 1 saturated heterocycles. The first kappa shape index (κ1) is 18.9. The van der Waals surface area contributed by atoms with E-state index in [1.54, 1.807) is 6.07 Å². The van der Waals surface area contributed by atoms with Crippen LogP contribution < -0.4 is 10.1 Å². The van der Waals surface area contributed by atoms with E-state index in [1.165, 1.54) is 23.5 Å². The van der Waals surface area contributed by atoms with Crippen molar-refractivity contribution in [3.8, 4) is 5.75 Å². The third-order valence-corrected chi connectivity index (χ3v) is 6.57. The molecular weight excluding hydrogens is 356 g/mol. The zero-order chi connectivity index (χ0) is 18.6. The Balaban J connectivity index is 1.84. The van der Waals surface area contributed by atoms with Gasteiger partial charge in [-0.05, 0) is 37.5 Å². The Hall–Kier alpha value is -1.90. The number of amides is 1. The maximum absolute atomic E-state index is 12.8. The van der Waals surface area contributed by atoms with Gasteiger partial charge in [-0.15, -0.1) is 0 Å². The van der Waals surface area contributed by atoms with Crippen molar-refractivity contribution in [2.24, 2.45) is 5.92 Å². The third kappa shape index (κ3) is 4.08. The molecule has 0 spiro atoms. The number of carbonyl (C=O) groups is 1. The summed E-state index contributed by atoms with van der Waals surface area (Å²) in [5.74, 6) is 0.211. The summed E-state index contributed by atoms with van der Waals surface area (Å²) in [6.07, 6.45) is 6.43. The van der Waals surface area contributed by atoms with Crippen molar-refractivity contribution in [1.82, 2.24) is 4.31 Å². The number of sulfonamides is 1. The highest BCUT2D eigenvalue weighted by molar-refractivity contribution is 7.89. The number of morpholine rings is 1. The molecule has 142 valence electrons. The number of nitrogens with one attached hydrogen (secondary N) is 1. The van der Waals surface area contributed by atoms with Crippen LogP contribution in [0.3, 0.4) is 0 Å². The number of anilines is 1. The molecule has 1 N–H and O–H groups in total. The fourth-order valence-electron chi connectivity index (χ4n) is 3.15. The highest BCUT2D eigenvalue weighted by Gasteiger charge is 2.28. The average molecular weight is 380 g/mol. The highest BCUT2D eigenvalue weighted by atomic mass is 32.2. The van der Waals surface area contributed by atoms with E-state index in [2.05, 4.69) is 11.4 Å². The summed E-state index contributed by atoms with van der Waals surface area (Å²) in [6.45, 7) is 1.41. The lowest BCUT2D eigenvalue weighted by molar-refractivity contribution is -0.120. The van der Waals surface area contributed by atoms with Gasteiger partial charge in [0.25, 0.3) is 0 Å². The Kier molecular flexibility index (Phi) is 5.95. The number of ether oxygens (including phenoxy) is 2. The van der Waals surface area contributed by atoms with Crippen LogP contribution in [0.25, 0.3) is 0 Å². The largest absolute Gasteiger partial charge is 0.495 e. The van der Waals surface area contributed by atoms with Gasteiger partial charge in [-0.3, -0.25) is 4.79 Å². The lowest BCUT2D eigenvalue weighted by atomic mass is 9.93. The number of allylic oxidation sites excluding steroid dienone is 2. The Morgan fingerprint density at radius 3 is 2.69 bits per heavy atom. The molecule has 0 aromatic heterocycles. The molecule has 0 unspecified atom stereocenters. The van der Waals surface area contributed by atoms with Crippen LogP contribution in [0.2, 0.25) is 0 Å². The summed E-state index contributed by atoms with van der Waals surface area (Å²) in [7, 11) is -2.14. The molecule has 1 aromatic carbocycles. The summed E-state index contributed by atoms with van der Waals surface area (Å²) in [6, 6.07) is 4.55. The fraction of sp³-hybridized carbons (Fsp3) is 0.500. The Bertz CT molecular complexity index is 785. The van der Waals surface area contributed by atoms with Crippen LogP contribution in [0.15, 0.2) is 35.2 Å². The smallest absolute Gasteiger partial charge is 0.243 e. The molecule has 1 aliphatic heterocycles. The van der Waals surface area contributed by atoms with E-state index in [-0.39, 0.29) is 16.7 Å². The molecule has 1 aliphatic carbocycles. The number of carbonyl (C=O) groups excluding carboxylic acids is 1. The number of nitrogens with zero attached hydrogens (tertiary/aromatic N) is 1. The molecule has 1 amide bonds. The first-order valence-electron chi connectivity index (χ1n) is 8.74. The molecule has 1 fully saturated rings. The minimum atomic E-state index is -3.63. The van der Waals surface area contributed by atoms with Gasteiger partial charge in [-0.25, -0.2) is 8.42 Å². The van der Waals surface area contributed by atoms with Crippen LogP contribution in [0, 0.1) is 5.92 Å². The second-order valence-corrected chi connectivity index (χ2v) is 8.29. The minimum Gasteiger partial charge on any atom is -0.495 e. The number of rotatable bonds is 5. The summed E-state index contributed by atoms with van der Waals surface area (Å²) in [5.41, 5.74) is 0.376. The molecule has 0 saturated carbocycles. The number of methoxy groups -OCH3 is 1. The second-order valence-electron chi connectivity index (χ2n) is 6.35. The van der Waals surface area contributed by atoms with E-state index in [0.29, 0.717) is 44.2 Å². The van der Waals surface area contributed by atoms with Crippen LogP contribution in [0.4, 0.5) is 5.69 Å². The summed E-state index contributed by atoms with van der Waals surface area (Å²) < 4.78 is 37.6. The quantitative estimate of drug-likeness (QED) is 0.790. The van der Waals surface area contributed by atoms with Crippen molar-refractivity contribution in [3.63, 3.8) is 0 Å². The van der Waals surface area contributed by atoms with Crippen LogP contribution >= 0.6 is 0 Å². The van der Waals surface area contributed by atoms with Gasteiger partial charge in [0.1, 0.15) is 5.75 Å². The predicted octanol–water partition coefficient (Wildman–Crippen LogP) is 2.01. The first-order valence-corrected chi connectivity index (χ1v) is 10.2. The van der Waals surface area contributed by atoms with E-state index in [1.807, 2.05) is 6.08 Å². The predicted molar refractivity (Wildman–Crippen MR) is 97.7 cm³/mol. The van der Waals surface area contributed by atoms with Crippen molar-refractivity contribution in [3.05, 3.63) is 30.4 Å². The summed E-state index contributed by atoms with van der Waals surface area (Å²) in [4.78, 5) is 12.7. The van der Waals surface area contributed by atoms with Crippen molar-refractivity contribution in [2.75, 3.05) is 38.7 Å². The maximum atomic E-state index is 12.8. The summed E-state index contributed by atoms with van der Waals surface area (Å²) in [5, 5.41) is 2.84. The Morgan fingerprint density at radius 2 is 2.04 bits per heavy atom. The molecule has 1 heterocycles. The van der Waals surface area contributed by atoms with Gasteiger partial charge in [0, 0.05) is 19.0 Å². The standard InChI is InChI=1S/C18H24N2O5S/c1-24-17-8-7-15(26(22,23)20-9-11-25-12-10-20)13-16(17)19-18(21)14-5-3-2-4-6-14/h2-3,7-8,13-14H,4-6,9-12H2,1H3,(H,19,21)/t14-/m0/s1. The first-order chi connectivity index (χ1) is 12.5. The lowest BCUT2D eigenvalue weighted by Gasteiger charge is -2.26. The molecule has 2 aliphatic rings. The van der Waals surface area contributed by atoms with Gasteiger partial charge in [-0.2, -0.15) is 4.31 Å². The third-order valence-electron chi connectivity index (χ3n) is 4.68. The molecule has 8 heteroatoms. The molecule has 3 rings (SSSR count). The van der Waals surface area contributed by atoms with E-state index in [4.69, 9.17) is 9.47 Å². The zero-order valence-corrected chi connectivity index (χ0v) is 15.6. The Morgan fingerprint density at radius 1 is 1.27 bits per heavy atom. The van der Waals surface area contributed by atoms with Crippen molar-refractivity contribution in [1.29, 1.82) is 0 Å². The number of benzene rings is 1. The highest BCUT2D eigenvalue weighted by Crippen LogP contribution is 2.30. The average Bonchev–Trinajstić information content (AvgIpc) is 2.69. The maximum Gasteiger partial charge on any atom is 0.243 e. The van der Waals surface area contributed by atoms with Crippen molar-refractivity contribution >= 4 is 21.6 Å². The van der Waals surface area contributed by atoms with E-state index >= 15 is 0 Å². The van der Waals surface area contributed by atoms with Gasteiger partial charge in [0.05, 0.1) is 30.9 Å². The van der Waals surface area contributed by atoms with Crippen LogP contribution in [0.1, 0.15) is 19.3 Å². The Labute approximate surface area is 154 Å². The van der Waals surface area contributed by atoms with Crippen LogP contribution in [0.5, 0.6) is 5.75 Å². The molecule has 1 atom stereocenters. The summed E-state index contributed by atoms with van der Waals surface area (Å²) >= 11 is 0. The fourth-order valence-corrected chi connectivity index (χ4v) is 4.58. The van der Waals surface area contributed by atoms with Crippen LogP contribution in [-0.2, 0) is 19.6 Å². The minimum absolute atomic E-state index is 0.107. The number of hydrogen-bond acceptors (Lipinski definition) is 5. The van der Waals surface area contributed by atoms with Gasteiger partial charge >= 0.3 is 0 Å². The molecule has 7 nitrogen and oxygen atoms in total. The van der Waals surface area contributed by atoms with E-state index < -0.39 is 10.0 Å². The monoisotopic (exact) mass is 380 g/mol. The van der Waals surface area contributed by atoms with Gasteiger partial charge < -0.3 is 14.8 Å². The van der Waals surface area contributed by atoms with E-state index in [0.717, 1.165) is 12.8 Å². The normalized spacial score (nSPS) is 21.3. The topological polar surface area (TPSA) is 84.9 Å². The molecular formula is C18H24N2O5S. The zero-order valence-electron chi connectivity index (χ0n) is 14.8. The molecule has 0 radical (unpaired) electrons. The van der Waals surface area contributed by atoms with Crippen LogP contribution in [-0.4, -0.2) is 52.0 Å². The van der Waals surface area contributed by atoms with Gasteiger partial charge in [0.15, 0.2) is 0 Å². The van der Waals surface area contributed by atoms with Gasteiger partial charge in [-0.1, -0.05) is 12.2 Å². The van der Waals surface area contributed by atoms with Crippen molar-refractivity contribution < 1.29 is 22.7 Å². The second kappa shape index (κ2) is 8.20. The van der Waals surface area contributed by atoms with Gasteiger partial charge in [0.2, 0.25) is 15.9 Å². The molecule has 0 bridgehead atoms. The lowest BCUT2D eigenvalue weighted by Crippen LogP contribution is -2.40. The molecule has 1 aromatic rings. The van der Waals surface area contributed by atoms with E-state index in [9.17, 15) is 13.2 Å². The SMILES string of the molecule is COc1ccc(S(=O)(=O)N2CCOCC2)cc1NC(=O)[C@H]1CC=CCC1. The van der Waals surface area contributed by atoms with Crippen molar-refractivity contribution in [2.45, 2.75) is 24.2 Å².